The van der Waals surface area contributed by atoms with Crippen LogP contribution in [0, 0.1) is 6.92 Å². The number of nitrogens with zero attached hydrogens (tertiary/aromatic N) is 1. The van der Waals surface area contributed by atoms with Crippen LogP contribution in [0.15, 0.2) is 108 Å². The van der Waals surface area contributed by atoms with E-state index in [1.54, 1.807) is 30.3 Å². The third-order valence-corrected chi connectivity index (χ3v) is 7.97. The maximum atomic E-state index is 13.8. The summed E-state index contributed by atoms with van der Waals surface area (Å²) in [4.78, 5) is 13.6. The number of ether oxygens (including phenoxy) is 1. The van der Waals surface area contributed by atoms with Crippen molar-refractivity contribution >= 4 is 33.2 Å². The first-order valence-corrected chi connectivity index (χ1v) is 13.4. The molecule has 4 rings (SSSR count). The Labute approximate surface area is 222 Å². The van der Waals surface area contributed by atoms with Gasteiger partial charge in [-0.3, -0.25) is 9.10 Å². The summed E-state index contributed by atoms with van der Waals surface area (Å²) < 4.78 is 34.0. The molecular formula is C29H27ClN2O4S. The average molecular weight is 535 g/mol. The quantitative estimate of drug-likeness (QED) is 0.296. The van der Waals surface area contributed by atoms with Crippen LogP contribution in [0.5, 0.6) is 5.75 Å². The van der Waals surface area contributed by atoms with Crippen molar-refractivity contribution in [3.63, 3.8) is 0 Å². The van der Waals surface area contributed by atoms with Gasteiger partial charge in [0.2, 0.25) is 5.91 Å². The number of carbonyl (C=O) groups is 1. The molecule has 0 aliphatic carbocycles. The summed E-state index contributed by atoms with van der Waals surface area (Å²) >= 11 is 6.23. The Morgan fingerprint density at radius 2 is 1.54 bits per heavy atom. The van der Waals surface area contributed by atoms with Crippen molar-refractivity contribution in [3.8, 4) is 5.75 Å². The second kappa shape index (κ2) is 11.5. The molecule has 0 heterocycles. The van der Waals surface area contributed by atoms with Crippen LogP contribution in [-0.2, 0) is 14.8 Å². The number of rotatable bonds is 9. The zero-order valence-electron chi connectivity index (χ0n) is 20.5. The number of amides is 1. The van der Waals surface area contributed by atoms with Crippen LogP contribution in [0.3, 0.4) is 0 Å². The topological polar surface area (TPSA) is 75.7 Å². The number of methoxy groups -OCH3 is 1. The van der Waals surface area contributed by atoms with Crippen molar-refractivity contribution < 1.29 is 17.9 Å². The summed E-state index contributed by atoms with van der Waals surface area (Å²) in [6.07, 6.45) is 0. The van der Waals surface area contributed by atoms with Gasteiger partial charge in [-0.05, 0) is 53.9 Å². The van der Waals surface area contributed by atoms with Gasteiger partial charge in [-0.1, -0.05) is 84.4 Å². The van der Waals surface area contributed by atoms with Gasteiger partial charge in [-0.15, -0.1) is 0 Å². The summed E-state index contributed by atoms with van der Waals surface area (Å²) in [6.45, 7) is 1.49. The Morgan fingerprint density at radius 3 is 2.19 bits per heavy atom. The van der Waals surface area contributed by atoms with E-state index >= 15 is 0 Å². The lowest BCUT2D eigenvalue weighted by Gasteiger charge is -2.27. The first-order chi connectivity index (χ1) is 17.8. The molecule has 8 heteroatoms. The van der Waals surface area contributed by atoms with E-state index in [9.17, 15) is 13.2 Å². The van der Waals surface area contributed by atoms with E-state index in [2.05, 4.69) is 5.32 Å². The standard InChI is InChI=1S/C29H27ClN2O4S/c1-21-11-9-10-16-25(21)29(22-12-5-3-6-13-22)31-28(33)20-32(26-19-23(30)17-18-27(26)36-2)37(34,35)24-14-7-4-8-15-24/h3-19,29H,20H2,1-2H3,(H,31,33). The number of anilines is 1. The van der Waals surface area contributed by atoms with E-state index in [-0.39, 0.29) is 16.3 Å². The van der Waals surface area contributed by atoms with E-state index in [1.807, 2.05) is 61.5 Å². The monoisotopic (exact) mass is 534 g/mol. The molecule has 1 atom stereocenters. The smallest absolute Gasteiger partial charge is 0.264 e. The number of sulfonamides is 1. The molecule has 1 N–H and O–H groups in total. The second-order valence-electron chi connectivity index (χ2n) is 8.41. The van der Waals surface area contributed by atoms with Crippen LogP contribution in [0.25, 0.3) is 0 Å². The van der Waals surface area contributed by atoms with Crippen LogP contribution in [-0.4, -0.2) is 28.0 Å². The second-order valence-corrected chi connectivity index (χ2v) is 10.7. The highest BCUT2D eigenvalue weighted by Gasteiger charge is 2.30. The number of hydrogen-bond acceptors (Lipinski definition) is 4. The van der Waals surface area contributed by atoms with Crippen LogP contribution in [0.4, 0.5) is 5.69 Å². The summed E-state index contributed by atoms with van der Waals surface area (Å²) in [7, 11) is -2.70. The third-order valence-electron chi connectivity index (χ3n) is 5.97. The molecule has 4 aromatic carbocycles. The maximum Gasteiger partial charge on any atom is 0.264 e. The molecule has 37 heavy (non-hydrogen) atoms. The highest BCUT2D eigenvalue weighted by atomic mass is 35.5. The Balaban J connectivity index is 1.75. The number of hydrogen-bond donors (Lipinski definition) is 1. The molecule has 1 amide bonds. The van der Waals surface area contributed by atoms with Crippen molar-refractivity contribution in [2.45, 2.75) is 17.9 Å². The zero-order valence-corrected chi connectivity index (χ0v) is 22.0. The number of carbonyl (C=O) groups excluding carboxylic acids is 1. The fourth-order valence-corrected chi connectivity index (χ4v) is 5.72. The predicted molar refractivity (Wildman–Crippen MR) is 147 cm³/mol. The molecule has 0 saturated carbocycles. The highest BCUT2D eigenvalue weighted by Crippen LogP contribution is 2.35. The molecule has 0 aliphatic heterocycles. The molecule has 1 unspecified atom stereocenters. The fraction of sp³-hybridized carbons (Fsp3) is 0.138. The molecule has 6 nitrogen and oxygen atoms in total. The molecule has 0 saturated heterocycles. The Kier molecular flexibility index (Phi) is 8.16. The maximum absolute atomic E-state index is 13.8. The van der Waals surface area contributed by atoms with Crippen LogP contribution in [0.1, 0.15) is 22.7 Å². The van der Waals surface area contributed by atoms with Crippen molar-refractivity contribution in [2.75, 3.05) is 18.0 Å². The normalized spacial score (nSPS) is 12.0. The SMILES string of the molecule is COc1ccc(Cl)cc1N(CC(=O)NC(c1ccccc1)c1ccccc1C)S(=O)(=O)c1ccccc1. The first-order valence-electron chi connectivity index (χ1n) is 11.6. The van der Waals surface area contributed by atoms with Gasteiger partial charge in [0.05, 0.1) is 23.7 Å². The first kappa shape index (κ1) is 26.3. The lowest BCUT2D eigenvalue weighted by atomic mass is 9.95. The zero-order chi connectivity index (χ0) is 26.4. The van der Waals surface area contributed by atoms with E-state index in [4.69, 9.17) is 16.3 Å². The van der Waals surface area contributed by atoms with E-state index in [0.29, 0.717) is 5.02 Å². The molecular weight excluding hydrogens is 508 g/mol. The minimum Gasteiger partial charge on any atom is -0.495 e. The van der Waals surface area contributed by atoms with E-state index < -0.39 is 28.5 Å². The summed E-state index contributed by atoms with van der Waals surface area (Å²) in [5, 5.41) is 3.36. The predicted octanol–water partition coefficient (Wildman–Crippen LogP) is 5.76. The molecule has 4 aromatic rings. The van der Waals surface area contributed by atoms with Gasteiger partial charge in [0.25, 0.3) is 10.0 Å². The van der Waals surface area contributed by atoms with Gasteiger partial charge >= 0.3 is 0 Å². The van der Waals surface area contributed by atoms with Gasteiger partial charge in [0, 0.05) is 5.02 Å². The van der Waals surface area contributed by atoms with Crippen LogP contribution in [0.2, 0.25) is 5.02 Å². The molecule has 190 valence electrons. The molecule has 0 radical (unpaired) electrons. The lowest BCUT2D eigenvalue weighted by Crippen LogP contribution is -2.42. The van der Waals surface area contributed by atoms with Crippen molar-refractivity contribution in [1.29, 1.82) is 0 Å². The van der Waals surface area contributed by atoms with Gasteiger partial charge in [0.15, 0.2) is 0 Å². The van der Waals surface area contributed by atoms with E-state index in [1.165, 1.54) is 25.3 Å². The Morgan fingerprint density at radius 1 is 0.919 bits per heavy atom. The van der Waals surface area contributed by atoms with Gasteiger partial charge < -0.3 is 10.1 Å². The molecule has 0 aromatic heterocycles. The van der Waals surface area contributed by atoms with Gasteiger partial charge in [-0.25, -0.2) is 8.42 Å². The lowest BCUT2D eigenvalue weighted by molar-refractivity contribution is -0.120. The largest absolute Gasteiger partial charge is 0.495 e. The number of halogens is 1. The molecule has 0 fully saturated rings. The van der Waals surface area contributed by atoms with Gasteiger partial charge in [-0.2, -0.15) is 0 Å². The fourth-order valence-electron chi connectivity index (χ4n) is 4.11. The Bertz CT molecular complexity index is 1480. The summed E-state index contributed by atoms with van der Waals surface area (Å²) in [5.41, 5.74) is 2.96. The number of aryl methyl sites for hydroxylation is 1. The minimum atomic E-state index is -4.14. The molecule has 0 bridgehead atoms. The highest BCUT2D eigenvalue weighted by molar-refractivity contribution is 7.92. The van der Waals surface area contributed by atoms with Crippen molar-refractivity contribution in [2.24, 2.45) is 0 Å². The molecule has 0 aliphatic rings. The van der Waals surface area contributed by atoms with Crippen LogP contribution < -0.4 is 14.4 Å². The number of benzene rings is 4. The third kappa shape index (κ3) is 5.96. The van der Waals surface area contributed by atoms with Gasteiger partial charge in [0.1, 0.15) is 12.3 Å². The van der Waals surface area contributed by atoms with Crippen molar-refractivity contribution in [3.05, 3.63) is 125 Å². The average Bonchev–Trinajstić information content (AvgIpc) is 2.92. The number of nitrogens with one attached hydrogen (secondary N) is 1. The Hall–Kier alpha value is -3.81. The van der Waals surface area contributed by atoms with Crippen LogP contribution >= 0.6 is 11.6 Å². The minimum absolute atomic E-state index is 0.0448. The van der Waals surface area contributed by atoms with Crippen molar-refractivity contribution in [1.82, 2.24) is 5.32 Å². The van der Waals surface area contributed by atoms with E-state index in [0.717, 1.165) is 21.0 Å². The summed E-state index contributed by atoms with van der Waals surface area (Å²) in [6, 6.07) is 29.4. The molecule has 0 spiro atoms. The summed E-state index contributed by atoms with van der Waals surface area (Å²) in [5.74, 6) is -0.214.